The van der Waals surface area contributed by atoms with E-state index >= 15 is 0 Å². The van der Waals surface area contributed by atoms with Gasteiger partial charge in [-0.3, -0.25) is 9.59 Å². The minimum atomic E-state index is -2.82. The van der Waals surface area contributed by atoms with Crippen LogP contribution in [0.3, 0.4) is 0 Å². The lowest BCUT2D eigenvalue weighted by Crippen LogP contribution is -2.27. The van der Waals surface area contributed by atoms with Crippen molar-refractivity contribution >= 4 is 40.2 Å². The SMILES string of the molecule is Cc1cc(C(=O)NC(C)c2ccc(OCCC(F)(F)I)nc2)cc(NC(=O)CC2CC2)n1. The smallest absolute Gasteiger partial charge is 0.299 e. The summed E-state index contributed by atoms with van der Waals surface area (Å²) >= 11 is 1.07. The number of anilines is 1. The summed E-state index contributed by atoms with van der Waals surface area (Å²) in [5.74, 6) is 0.644. The van der Waals surface area contributed by atoms with Gasteiger partial charge in [-0.2, -0.15) is 8.78 Å². The van der Waals surface area contributed by atoms with Crippen molar-refractivity contribution in [1.82, 2.24) is 15.3 Å². The minimum Gasteiger partial charge on any atom is -0.477 e. The van der Waals surface area contributed by atoms with E-state index < -0.39 is 10.4 Å². The number of nitrogens with zero attached hydrogens (tertiary/aromatic N) is 2. The van der Waals surface area contributed by atoms with Crippen molar-refractivity contribution in [2.75, 3.05) is 11.9 Å². The molecule has 172 valence electrons. The molecule has 2 amide bonds. The average molecular weight is 558 g/mol. The van der Waals surface area contributed by atoms with Crippen LogP contribution in [-0.4, -0.2) is 32.3 Å². The third kappa shape index (κ3) is 7.95. The Morgan fingerprint density at radius 1 is 1.31 bits per heavy atom. The molecule has 1 saturated carbocycles. The fraction of sp³-hybridized carbons (Fsp3) is 0.455. The first-order chi connectivity index (χ1) is 15.1. The standard InChI is InChI=1S/C22H25F2IN4O3/c1-13-9-17(11-18(27-13)29-19(30)10-15-3-4-15)21(31)28-14(2)16-5-6-20(26-12-16)32-8-7-22(23,24)25/h5-6,9,11-12,14-15H,3-4,7-8,10H2,1-2H3,(H,28,31)(H,27,29,30). The van der Waals surface area contributed by atoms with Gasteiger partial charge >= 0.3 is 0 Å². The normalized spacial score (nSPS) is 14.5. The summed E-state index contributed by atoms with van der Waals surface area (Å²) in [6.45, 7) is 3.42. The van der Waals surface area contributed by atoms with E-state index in [0.717, 1.165) is 41.0 Å². The van der Waals surface area contributed by atoms with Crippen LogP contribution in [0.5, 0.6) is 5.88 Å². The average Bonchev–Trinajstić information content (AvgIpc) is 3.50. The van der Waals surface area contributed by atoms with Crippen LogP contribution in [0.2, 0.25) is 0 Å². The minimum absolute atomic E-state index is 0.0964. The number of carbonyl (C=O) groups is 2. The van der Waals surface area contributed by atoms with Gasteiger partial charge in [-0.25, -0.2) is 9.97 Å². The zero-order valence-electron chi connectivity index (χ0n) is 17.8. The summed E-state index contributed by atoms with van der Waals surface area (Å²) in [7, 11) is 0. The summed E-state index contributed by atoms with van der Waals surface area (Å²) in [5.41, 5.74) is 1.74. The van der Waals surface area contributed by atoms with Crippen LogP contribution in [0.15, 0.2) is 30.5 Å². The summed E-state index contributed by atoms with van der Waals surface area (Å²) in [6, 6.07) is 6.14. The molecule has 0 aromatic carbocycles. The molecule has 2 aromatic heterocycles. The molecular formula is C22H25F2IN4O3. The Morgan fingerprint density at radius 3 is 2.69 bits per heavy atom. The van der Waals surface area contributed by atoms with Gasteiger partial charge in [-0.1, -0.05) is 6.07 Å². The van der Waals surface area contributed by atoms with Crippen LogP contribution in [0.4, 0.5) is 14.6 Å². The first-order valence-corrected chi connectivity index (χ1v) is 11.4. The Kier molecular flexibility index (Phi) is 7.96. The highest BCUT2D eigenvalue weighted by molar-refractivity contribution is 14.1. The van der Waals surface area contributed by atoms with Gasteiger partial charge in [0.15, 0.2) is 0 Å². The molecule has 1 aliphatic carbocycles. The van der Waals surface area contributed by atoms with Crippen molar-refractivity contribution in [3.8, 4) is 5.88 Å². The number of carbonyl (C=O) groups excluding carboxylic acids is 2. The highest BCUT2D eigenvalue weighted by Gasteiger charge is 2.25. The van der Waals surface area contributed by atoms with Gasteiger partial charge in [-0.15, -0.1) is 0 Å². The molecule has 1 unspecified atom stereocenters. The number of ether oxygens (including phenoxy) is 1. The van der Waals surface area contributed by atoms with Gasteiger partial charge < -0.3 is 15.4 Å². The third-order valence-corrected chi connectivity index (χ3v) is 5.44. The van der Waals surface area contributed by atoms with E-state index in [9.17, 15) is 18.4 Å². The number of nitrogens with one attached hydrogen (secondary N) is 2. The second kappa shape index (κ2) is 10.5. The molecule has 1 aliphatic rings. The van der Waals surface area contributed by atoms with E-state index in [1.165, 1.54) is 6.20 Å². The lowest BCUT2D eigenvalue weighted by atomic mass is 10.1. The highest BCUT2D eigenvalue weighted by atomic mass is 127. The molecule has 3 rings (SSSR count). The number of rotatable bonds is 10. The zero-order chi connectivity index (χ0) is 23.3. The predicted molar refractivity (Wildman–Crippen MR) is 124 cm³/mol. The number of alkyl halides is 3. The molecule has 0 aliphatic heterocycles. The maximum atomic E-state index is 12.8. The summed E-state index contributed by atoms with van der Waals surface area (Å²) in [4.78, 5) is 33.2. The molecule has 2 heterocycles. The second-order valence-corrected chi connectivity index (χ2v) is 9.49. The van der Waals surface area contributed by atoms with E-state index in [2.05, 4.69) is 20.6 Å². The topological polar surface area (TPSA) is 93.2 Å². The Labute approximate surface area is 198 Å². The molecule has 1 atom stereocenters. The van der Waals surface area contributed by atoms with Gasteiger partial charge in [0, 0.05) is 29.9 Å². The van der Waals surface area contributed by atoms with Crippen LogP contribution < -0.4 is 15.4 Å². The number of hydrogen-bond acceptors (Lipinski definition) is 5. The number of halogens is 3. The Balaban J connectivity index is 1.57. The molecule has 0 radical (unpaired) electrons. The Bertz CT molecular complexity index is 963. The number of amides is 2. The van der Waals surface area contributed by atoms with Crippen LogP contribution in [-0.2, 0) is 4.79 Å². The summed E-state index contributed by atoms with van der Waals surface area (Å²) in [6.07, 6.45) is 3.76. The molecule has 7 nitrogen and oxygen atoms in total. The van der Waals surface area contributed by atoms with Gasteiger partial charge in [-0.05, 0) is 72.9 Å². The lowest BCUT2D eigenvalue weighted by molar-refractivity contribution is -0.116. The fourth-order valence-corrected chi connectivity index (χ4v) is 3.23. The van der Waals surface area contributed by atoms with E-state index in [0.29, 0.717) is 29.4 Å². The van der Waals surface area contributed by atoms with Gasteiger partial charge in [0.1, 0.15) is 5.82 Å². The second-order valence-electron chi connectivity index (χ2n) is 7.92. The molecule has 1 fully saturated rings. The van der Waals surface area contributed by atoms with Gasteiger partial charge in [0.25, 0.3) is 9.84 Å². The molecule has 32 heavy (non-hydrogen) atoms. The fourth-order valence-electron chi connectivity index (χ4n) is 3.01. The van der Waals surface area contributed by atoms with E-state index in [1.54, 1.807) is 38.1 Å². The number of aromatic nitrogens is 2. The van der Waals surface area contributed by atoms with Crippen molar-refractivity contribution in [3.63, 3.8) is 0 Å². The van der Waals surface area contributed by atoms with Crippen LogP contribution in [0.1, 0.15) is 60.3 Å². The maximum Gasteiger partial charge on any atom is 0.299 e. The molecule has 2 N–H and O–H groups in total. The van der Waals surface area contributed by atoms with Crippen molar-refractivity contribution in [2.24, 2.45) is 5.92 Å². The maximum absolute atomic E-state index is 12.8. The Morgan fingerprint density at radius 2 is 2.06 bits per heavy atom. The lowest BCUT2D eigenvalue weighted by Gasteiger charge is -2.15. The number of hydrogen-bond donors (Lipinski definition) is 2. The third-order valence-electron chi connectivity index (χ3n) is 4.90. The molecule has 0 spiro atoms. The molecule has 10 heteroatoms. The quantitative estimate of drug-likeness (QED) is 0.323. The summed E-state index contributed by atoms with van der Waals surface area (Å²) in [5, 5.41) is 5.65. The van der Waals surface area contributed by atoms with Gasteiger partial charge in [0.2, 0.25) is 11.8 Å². The van der Waals surface area contributed by atoms with Crippen LogP contribution in [0, 0.1) is 12.8 Å². The first-order valence-electron chi connectivity index (χ1n) is 10.3. The Hall–Kier alpha value is -2.37. The van der Waals surface area contributed by atoms with Crippen molar-refractivity contribution in [1.29, 1.82) is 0 Å². The zero-order valence-corrected chi connectivity index (χ0v) is 20.0. The molecule has 2 aromatic rings. The molecule has 0 saturated heterocycles. The predicted octanol–water partition coefficient (Wildman–Crippen LogP) is 4.81. The highest BCUT2D eigenvalue weighted by Crippen LogP contribution is 2.32. The van der Waals surface area contributed by atoms with E-state index in [-0.39, 0.29) is 30.3 Å². The molecule has 0 bridgehead atoms. The monoisotopic (exact) mass is 558 g/mol. The van der Waals surface area contributed by atoms with Crippen molar-refractivity contribution < 1.29 is 23.1 Å². The van der Waals surface area contributed by atoms with Crippen LogP contribution in [0.25, 0.3) is 0 Å². The van der Waals surface area contributed by atoms with E-state index in [1.807, 2.05) is 0 Å². The molecular weight excluding hydrogens is 533 g/mol. The van der Waals surface area contributed by atoms with Crippen molar-refractivity contribution in [3.05, 3.63) is 47.3 Å². The van der Waals surface area contributed by atoms with Crippen LogP contribution >= 0.6 is 22.6 Å². The largest absolute Gasteiger partial charge is 0.477 e. The van der Waals surface area contributed by atoms with Gasteiger partial charge in [0.05, 0.1) is 19.1 Å². The summed E-state index contributed by atoms with van der Waals surface area (Å²) < 4.78 is 28.1. The first kappa shape index (κ1) is 24.3. The number of pyridine rings is 2. The number of aryl methyl sites for hydroxylation is 1. The van der Waals surface area contributed by atoms with E-state index in [4.69, 9.17) is 4.74 Å². The van der Waals surface area contributed by atoms with Crippen molar-refractivity contribution in [2.45, 2.75) is 49.5 Å².